The highest BCUT2D eigenvalue weighted by atomic mass is 79.9. The number of aromatic nitrogens is 1. The molecule has 164 valence electrons. The Hall–Kier alpha value is -2.58. The van der Waals surface area contributed by atoms with Gasteiger partial charge in [0, 0.05) is 28.3 Å². The number of benzodiazepines with no additional fused rings is 1. The lowest BCUT2D eigenvalue weighted by Gasteiger charge is -2.17. The molecule has 0 spiro atoms. The predicted octanol–water partition coefficient (Wildman–Crippen LogP) is 3.84. The van der Waals surface area contributed by atoms with Gasteiger partial charge >= 0.3 is 5.97 Å². The second kappa shape index (κ2) is 10.6. The van der Waals surface area contributed by atoms with Crippen molar-refractivity contribution in [2.45, 2.75) is 38.8 Å². The zero-order chi connectivity index (χ0) is 22.4. The molecule has 1 aliphatic rings. The topological polar surface area (TPSA) is 96.2 Å². The van der Waals surface area contributed by atoms with Crippen molar-refractivity contribution in [3.63, 3.8) is 0 Å². The number of ether oxygens (including phenoxy) is 1. The van der Waals surface area contributed by atoms with Gasteiger partial charge in [-0.05, 0) is 42.7 Å². The van der Waals surface area contributed by atoms with Crippen molar-refractivity contribution in [1.82, 2.24) is 4.98 Å². The molecule has 1 aromatic carbocycles. The fourth-order valence-electron chi connectivity index (χ4n) is 3.14. The van der Waals surface area contributed by atoms with E-state index in [0.717, 1.165) is 21.4 Å². The van der Waals surface area contributed by atoms with Gasteiger partial charge in [-0.2, -0.15) is 0 Å². The second-order valence-electron chi connectivity index (χ2n) is 7.68. The minimum absolute atomic E-state index is 0.0828. The number of nitrogens with zero attached hydrogens (tertiary/aromatic N) is 3. The van der Waals surface area contributed by atoms with E-state index in [2.05, 4.69) is 31.2 Å². The number of benzene rings is 1. The molecule has 0 saturated carbocycles. The Morgan fingerprint density at radius 1 is 1.32 bits per heavy atom. The van der Waals surface area contributed by atoms with E-state index in [9.17, 15) is 9.90 Å². The number of rotatable bonds is 7. The highest BCUT2D eigenvalue weighted by molar-refractivity contribution is 9.10. The molecule has 2 N–H and O–H groups in total. The maximum Gasteiger partial charge on any atom is 0.305 e. The van der Waals surface area contributed by atoms with Gasteiger partial charge in [-0.25, -0.2) is 0 Å². The van der Waals surface area contributed by atoms with Gasteiger partial charge in [-0.15, -0.1) is 0 Å². The van der Waals surface area contributed by atoms with Crippen LogP contribution in [0.5, 0.6) is 0 Å². The highest BCUT2D eigenvalue weighted by Gasteiger charge is 2.26. The van der Waals surface area contributed by atoms with Crippen LogP contribution in [0.4, 0.5) is 5.69 Å². The van der Waals surface area contributed by atoms with E-state index in [-0.39, 0.29) is 24.9 Å². The Morgan fingerprint density at radius 2 is 2.13 bits per heavy atom. The van der Waals surface area contributed by atoms with Crippen molar-refractivity contribution >= 4 is 39.1 Å². The first-order valence-electron chi connectivity index (χ1n) is 10.2. The van der Waals surface area contributed by atoms with Crippen LogP contribution >= 0.6 is 15.9 Å². The molecule has 3 rings (SSSR count). The number of fused-ring (bicyclic) bond motifs is 1. The number of halogens is 1. The summed E-state index contributed by atoms with van der Waals surface area (Å²) in [5, 5.41) is 13.7. The van der Waals surface area contributed by atoms with Crippen LogP contribution in [-0.4, -0.2) is 53.4 Å². The van der Waals surface area contributed by atoms with E-state index < -0.39 is 12.1 Å². The van der Waals surface area contributed by atoms with Gasteiger partial charge in [-0.1, -0.05) is 35.8 Å². The number of hydrogen-bond donors (Lipinski definition) is 2. The SMILES string of the molecule is COC(=O)CC[C@@H]1N=C(c2ccccn2)c2cc(Br)ccc2NC1=NCC(O)C(C)C. The second-order valence-corrected chi connectivity index (χ2v) is 8.59. The maximum atomic E-state index is 11.8. The van der Waals surface area contributed by atoms with Gasteiger partial charge in [0.2, 0.25) is 0 Å². The van der Waals surface area contributed by atoms with Crippen LogP contribution in [0.25, 0.3) is 0 Å². The van der Waals surface area contributed by atoms with Crippen molar-refractivity contribution in [2.24, 2.45) is 15.9 Å². The van der Waals surface area contributed by atoms with Gasteiger partial charge in [-0.3, -0.25) is 19.8 Å². The van der Waals surface area contributed by atoms with Crippen molar-refractivity contribution < 1.29 is 14.6 Å². The van der Waals surface area contributed by atoms with E-state index in [1.807, 2.05) is 50.2 Å². The summed E-state index contributed by atoms with van der Waals surface area (Å²) >= 11 is 3.54. The lowest BCUT2D eigenvalue weighted by molar-refractivity contribution is -0.140. The highest BCUT2D eigenvalue weighted by Crippen LogP contribution is 2.28. The molecule has 2 atom stereocenters. The van der Waals surface area contributed by atoms with E-state index >= 15 is 0 Å². The first-order valence-corrected chi connectivity index (χ1v) is 11.0. The Morgan fingerprint density at radius 3 is 2.81 bits per heavy atom. The third kappa shape index (κ3) is 5.98. The number of anilines is 1. The number of aliphatic imine (C=N–C) groups is 2. The molecule has 0 amide bonds. The van der Waals surface area contributed by atoms with Crippen LogP contribution in [0.3, 0.4) is 0 Å². The third-order valence-corrected chi connectivity index (χ3v) is 5.57. The number of hydrogen-bond acceptors (Lipinski definition) is 6. The Kier molecular flexibility index (Phi) is 7.92. The summed E-state index contributed by atoms with van der Waals surface area (Å²) in [5.74, 6) is 0.387. The Balaban J connectivity index is 2.09. The van der Waals surface area contributed by atoms with Crippen LogP contribution < -0.4 is 5.32 Å². The molecule has 0 saturated heterocycles. The van der Waals surface area contributed by atoms with Crippen molar-refractivity contribution in [3.8, 4) is 0 Å². The molecule has 2 heterocycles. The number of carbonyl (C=O) groups excluding carboxylic acids is 1. The van der Waals surface area contributed by atoms with E-state index in [1.165, 1.54) is 7.11 Å². The van der Waals surface area contributed by atoms with Crippen molar-refractivity contribution in [2.75, 3.05) is 19.0 Å². The summed E-state index contributed by atoms with van der Waals surface area (Å²) in [7, 11) is 1.37. The Labute approximate surface area is 190 Å². The van der Waals surface area contributed by atoms with Crippen LogP contribution in [0.1, 0.15) is 37.9 Å². The molecular formula is C23H27BrN4O3. The zero-order valence-corrected chi connectivity index (χ0v) is 19.5. The molecule has 1 aliphatic heterocycles. The average molecular weight is 487 g/mol. The Bertz CT molecular complexity index is 976. The molecule has 0 radical (unpaired) electrons. The molecule has 31 heavy (non-hydrogen) atoms. The van der Waals surface area contributed by atoms with Crippen LogP contribution in [-0.2, 0) is 9.53 Å². The van der Waals surface area contributed by atoms with E-state index in [1.54, 1.807) is 6.20 Å². The molecule has 8 heteroatoms. The molecule has 7 nitrogen and oxygen atoms in total. The average Bonchev–Trinajstić information content (AvgIpc) is 2.92. The molecule has 2 aromatic rings. The largest absolute Gasteiger partial charge is 0.469 e. The van der Waals surface area contributed by atoms with E-state index in [0.29, 0.717) is 18.0 Å². The monoisotopic (exact) mass is 486 g/mol. The number of pyridine rings is 1. The summed E-state index contributed by atoms with van der Waals surface area (Å²) in [6.07, 6.45) is 1.78. The van der Waals surface area contributed by atoms with Crippen LogP contribution in [0.2, 0.25) is 0 Å². The van der Waals surface area contributed by atoms with Gasteiger partial charge in [0.1, 0.15) is 11.9 Å². The van der Waals surface area contributed by atoms with Crippen molar-refractivity contribution in [1.29, 1.82) is 0 Å². The third-order valence-electron chi connectivity index (χ3n) is 5.08. The maximum absolute atomic E-state index is 11.8. The smallest absolute Gasteiger partial charge is 0.305 e. The molecule has 1 aromatic heterocycles. The van der Waals surface area contributed by atoms with Gasteiger partial charge in [0.05, 0.1) is 31.2 Å². The lowest BCUT2D eigenvalue weighted by Crippen LogP contribution is -2.29. The number of carbonyl (C=O) groups is 1. The molecule has 1 unspecified atom stereocenters. The van der Waals surface area contributed by atoms with Gasteiger partial charge in [0.15, 0.2) is 0 Å². The van der Waals surface area contributed by atoms with Crippen LogP contribution in [0.15, 0.2) is 57.1 Å². The first kappa shape index (κ1) is 23.1. The minimum atomic E-state index is -0.567. The molecule has 0 aliphatic carbocycles. The van der Waals surface area contributed by atoms with E-state index in [4.69, 9.17) is 9.73 Å². The van der Waals surface area contributed by atoms with Gasteiger partial charge in [0.25, 0.3) is 0 Å². The number of nitrogens with one attached hydrogen (secondary N) is 1. The summed E-state index contributed by atoms with van der Waals surface area (Å²) in [6, 6.07) is 11.1. The molecular weight excluding hydrogens is 460 g/mol. The summed E-state index contributed by atoms with van der Waals surface area (Å²) in [6.45, 7) is 4.14. The fourth-order valence-corrected chi connectivity index (χ4v) is 3.50. The number of methoxy groups -OCH3 is 1. The number of esters is 1. The summed E-state index contributed by atoms with van der Waals surface area (Å²) < 4.78 is 5.74. The van der Waals surface area contributed by atoms with Gasteiger partial charge < -0.3 is 15.2 Å². The summed E-state index contributed by atoms with van der Waals surface area (Å²) in [4.78, 5) is 26.0. The molecule has 0 bridgehead atoms. The molecule has 0 fully saturated rings. The zero-order valence-electron chi connectivity index (χ0n) is 17.9. The number of aliphatic hydroxyl groups is 1. The minimum Gasteiger partial charge on any atom is -0.469 e. The van der Waals surface area contributed by atoms with Crippen molar-refractivity contribution in [3.05, 3.63) is 58.3 Å². The van der Waals surface area contributed by atoms with Crippen LogP contribution in [0, 0.1) is 5.92 Å². The predicted molar refractivity (Wildman–Crippen MR) is 126 cm³/mol. The number of aliphatic hydroxyl groups excluding tert-OH is 1. The number of amidine groups is 1. The normalized spacial score (nSPS) is 18.1. The summed E-state index contributed by atoms with van der Waals surface area (Å²) in [5.41, 5.74) is 3.17. The lowest BCUT2D eigenvalue weighted by atomic mass is 10.0. The standard InChI is InChI=1S/C23H27BrN4O3/c1-14(2)20(29)13-26-23-19(9-10-21(30)31-3)27-22(18-6-4-5-11-25-18)16-12-15(24)7-8-17(16)28-23/h4-8,11-12,14,19-20,29H,9-10,13H2,1-3H3,(H,26,28)/t19-,20?/m0/s1. The fraction of sp³-hybridized carbons (Fsp3) is 0.391. The first-order chi connectivity index (χ1) is 14.9. The quantitative estimate of drug-likeness (QED) is 0.579.